The number of rotatable bonds is 79. The van der Waals surface area contributed by atoms with E-state index in [9.17, 15) is 19.0 Å². The van der Waals surface area contributed by atoms with Gasteiger partial charge in [-0.3, -0.25) is 18.6 Å². The molecule has 0 saturated heterocycles. The normalized spacial score (nSPS) is 12.9. The lowest BCUT2D eigenvalue weighted by Gasteiger charge is -2.19. The van der Waals surface area contributed by atoms with E-state index < -0.39 is 26.5 Å². The molecular formula is C81H158NO8P. The van der Waals surface area contributed by atoms with Gasteiger partial charge in [-0.15, -0.1) is 0 Å². The fourth-order valence-electron chi connectivity index (χ4n) is 12.8. The molecule has 0 aliphatic heterocycles. The Morgan fingerprint density at radius 2 is 0.571 bits per heavy atom. The number of hydrogen-bond acceptors (Lipinski definition) is 8. The minimum absolute atomic E-state index is 0.0574. The van der Waals surface area contributed by atoms with Crippen LogP contribution >= 0.6 is 7.82 Å². The molecule has 0 bridgehead atoms. The maximum Gasteiger partial charge on any atom is 0.472 e. The van der Waals surface area contributed by atoms with Gasteiger partial charge in [0.05, 0.1) is 13.2 Å². The van der Waals surface area contributed by atoms with Gasteiger partial charge in [-0.2, -0.15) is 0 Å². The highest BCUT2D eigenvalue weighted by Crippen LogP contribution is 2.43. The Kier molecular flexibility index (Phi) is 76.2. The first-order valence-corrected chi connectivity index (χ1v) is 42.3. The molecule has 0 aromatic heterocycles. The van der Waals surface area contributed by atoms with Crippen molar-refractivity contribution in [1.82, 2.24) is 0 Å². The molecule has 0 aliphatic rings. The van der Waals surface area contributed by atoms with Gasteiger partial charge in [0, 0.05) is 19.4 Å². The minimum atomic E-state index is -4.39. The van der Waals surface area contributed by atoms with E-state index in [1.165, 1.54) is 379 Å². The molecule has 2 unspecified atom stereocenters. The van der Waals surface area contributed by atoms with E-state index >= 15 is 0 Å². The summed E-state index contributed by atoms with van der Waals surface area (Å²) < 4.78 is 33.3. The van der Waals surface area contributed by atoms with Crippen LogP contribution in [0, 0.1) is 0 Å². The van der Waals surface area contributed by atoms with Crippen molar-refractivity contribution in [3.8, 4) is 0 Å². The van der Waals surface area contributed by atoms with Crippen LogP contribution in [0.5, 0.6) is 0 Å². The van der Waals surface area contributed by atoms with Crippen molar-refractivity contribution in [2.75, 3.05) is 26.4 Å². The zero-order valence-corrected chi connectivity index (χ0v) is 62.0. The number of nitrogens with two attached hydrogens (primary N) is 1. The second-order valence-corrected chi connectivity index (χ2v) is 29.5. The van der Waals surface area contributed by atoms with Gasteiger partial charge in [-0.25, -0.2) is 4.57 Å². The molecule has 2 atom stereocenters. The van der Waals surface area contributed by atoms with E-state index in [1.54, 1.807) is 0 Å². The van der Waals surface area contributed by atoms with Crippen LogP contribution in [0.4, 0.5) is 0 Å². The minimum Gasteiger partial charge on any atom is -0.462 e. The number of allylic oxidation sites excluding steroid dienone is 4. The highest BCUT2D eigenvalue weighted by molar-refractivity contribution is 7.47. The fourth-order valence-corrected chi connectivity index (χ4v) is 13.6. The van der Waals surface area contributed by atoms with E-state index in [0.29, 0.717) is 6.42 Å². The van der Waals surface area contributed by atoms with E-state index in [-0.39, 0.29) is 38.6 Å². The molecule has 0 amide bonds. The molecule has 0 aromatic carbocycles. The van der Waals surface area contributed by atoms with Gasteiger partial charge in [-0.05, 0) is 44.9 Å². The third-order valence-electron chi connectivity index (χ3n) is 18.8. The largest absolute Gasteiger partial charge is 0.472 e. The molecule has 0 fully saturated rings. The van der Waals surface area contributed by atoms with Crippen LogP contribution < -0.4 is 5.73 Å². The van der Waals surface area contributed by atoms with Crippen LogP contribution in [0.25, 0.3) is 0 Å². The summed E-state index contributed by atoms with van der Waals surface area (Å²) in [5.41, 5.74) is 5.42. The summed E-state index contributed by atoms with van der Waals surface area (Å²) in [6.07, 6.45) is 97.7. The number of hydrogen-bond donors (Lipinski definition) is 2. The molecule has 10 heteroatoms. The number of phosphoric acid groups is 1. The molecule has 0 heterocycles. The van der Waals surface area contributed by atoms with Crippen LogP contribution in [0.1, 0.15) is 450 Å². The second kappa shape index (κ2) is 77.5. The van der Waals surface area contributed by atoms with Crippen LogP contribution in [0.15, 0.2) is 24.3 Å². The fraction of sp³-hybridized carbons (Fsp3) is 0.926. The lowest BCUT2D eigenvalue weighted by molar-refractivity contribution is -0.161. The molecule has 0 radical (unpaired) electrons. The highest BCUT2D eigenvalue weighted by Gasteiger charge is 2.26. The number of unbranched alkanes of at least 4 members (excludes halogenated alkanes) is 62. The molecule has 0 spiro atoms. The molecule has 0 saturated carbocycles. The van der Waals surface area contributed by atoms with Gasteiger partial charge >= 0.3 is 19.8 Å². The van der Waals surface area contributed by atoms with Gasteiger partial charge in [0.25, 0.3) is 0 Å². The first kappa shape index (κ1) is 89.5. The van der Waals surface area contributed by atoms with Crippen LogP contribution in [0.2, 0.25) is 0 Å². The zero-order valence-electron chi connectivity index (χ0n) is 61.1. The van der Waals surface area contributed by atoms with Gasteiger partial charge in [0.2, 0.25) is 0 Å². The van der Waals surface area contributed by atoms with Crippen molar-refractivity contribution in [3.63, 3.8) is 0 Å². The summed E-state index contributed by atoms with van der Waals surface area (Å²) in [4.78, 5) is 35.5. The van der Waals surface area contributed by atoms with Crippen LogP contribution in [-0.4, -0.2) is 49.3 Å². The Hall–Kier alpha value is -1.51. The average Bonchev–Trinajstić information content (AvgIpc) is 3.74. The van der Waals surface area contributed by atoms with Crippen LogP contribution in [0.3, 0.4) is 0 Å². The lowest BCUT2D eigenvalue weighted by Crippen LogP contribution is -2.29. The SMILES string of the molecule is CCCCCCC/C=C\C/C=C\CCCCCCCCCCCCCCCCCCCCCCCC(=O)OC(COC(=O)CCCCCCCCCCCCCCCCCCCCCCCCCCCCCCCCCCCCCCC)COP(=O)(O)OCCN. The van der Waals surface area contributed by atoms with Gasteiger partial charge in [0.15, 0.2) is 6.10 Å². The smallest absolute Gasteiger partial charge is 0.462 e. The zero-order chi connectivity index (χ0) is 65.8. The van der Waals surface area contributed by atoms with Crippen LogP contribution in [-0.2, 0) is 32.7 Å². The molecule has 9 nitrogen and oxygen atoms in total. The number of esters is 2. The monoisotopic (exact) mass is 1300 g/mol. The third kappa shape index (κ3) is 77.4. The van der Waals surface area contributed by atoms with Gasteiger partial charge in [-0.1, -0.05) is 417 Å². The van der Waals surface area contributed by atoms with Crippen molar-refractivity contribution in [2.24, 2.45) is 5.73 Å². The molecule has 0 rings (SSSR count). The Morgan fingerprint density at radius 3 is 0.835 bits per heavy atom. The summed E-state index contributed by atoms with van der Waals surface area (Å²) in [5.74, 6) is -0.798. The first-order valence-electron chi connectivity index (χ1n) is 40.8. The summed E-state index contributed by atoms with van der Waals surface area (Å²) in [6, 6.07) is 0. The molecule has 0 aromatic rings. The van der Waals surface area contributed by atoms with Crippen molar-refractivity contribution in [3.05, 3.63) is 24.3 Å². The number of ether oxygens (including phenoxy) is 2. The van der Waals surface area contributed by atoms with E-state index in [0.717, 1.165) is 38.5 Å². The molecule has 3 N–H and O–H groups in total. The van der Waals surface area contributed by atoms with Crippen molar-refractivity contribution in [2.45, 2.75) is 457 Å². The number of phosphoric ester groups is 1. The van der Waals surface area contributed by atoms with Crippen molar-refractivity contribution in [1.29, 1.82) is 0 Å². The summed E-state index contributed by atoms with van der Waals surface area (Å²) in [7, 11) is -4.39. The number of carbonyl (C=O) groups is 2. The maximum atomic E-state index is 12.8. The van der Waals surface area contributed by atoms with E-state index in [4.69, 9.17) is 24.3 Å². The molecule has 91 heavy (non-hydrogen) atoms. The predicted molar refractivity (Wildman–Crippen MR) is 395 cm³/mol. The third-order valence-corrected chi connectivity index (χ3v) is 19.8. The Morgan fingerprint density at radius 1 is 0.330 bits per heavy atom. The first-order chi connectivity index (χ1) is 44.8. The Labute approximate surface area is 567 Å². The topological polar surface area (TPSA) is 134 Å². The second-order valence-electron chi connectivity index (χ2n) is 28.0. The molecular weight excluding hydrogens is 1150 g/mol. The van der Waals surface area contributed by atoms with E-state index in [1.807, 2.05) is 0 Å². The van der Waals surface area contributed by atoms with Gasteiger partial charge < -0.3 is 20.1 Å². The molecule has 0 aliphatic carbocycles. The average molecular weight is 1310 g/mol. The predicted octanol–water partition coefficient (Wildman–Crippen LogP) is 27.2. The Balaban J connectivity index is 3.73. The van der Waals surface area contributed by atoms with Crippen molar-refractivity contribution >= 4 is 19.8 Å². The summed E-state index contributed by atoms with van der Waals surface area (Å²) in [6.45, 7) is 3.83. The standard InChI is InChI=1S/C81H158NO8P/c1-3-5-7-9-11-13-15-17-19-21-23-25-27-29-31-33-35-37-38-39-40-42-43-45-47-49-51-53-55-57-59-61-63-65-67-69-71-73-80(83)87-77-79(78-89-91(85,86)88-76-75-82)90-81(84)74-72-70-68-66-64-62-60-58-56-54-52-50-48-46-44-41-36-34-32-30-28-26-24-22-20-18-16-14-12-10-8-6-4-2/h16,18,22,24,79H,3-15,17,19-21,23,25-78,82H2,1-2H3,(H,85,86)/b18-16-,24-22-. The maximum absolute atomic E-state index is 12.8. The lowest BCUT2D eigenvalue weighted by atomic mass is 10.0. The summed E-state index contributed by atoms with van der Waals surface area (Å²) >= 11 is 0. The quantitative estimate of drug-likeness (QED) is 0.0264. The highest BCUT2D eigenvalue weighted by atomic mass is 31.2. The van der Waals surface area contributed by atoms with Crippen molar-refractivity contribution < 1.29 is 37.6 Å². The molecule has 540 valence electrons. The summed E-state index contributed by atoms with van der Waals surface area (Å²) in [5, 5.41) is 0. The Bertz CT molecular complexity index is 1540. The van der Waals surface area contributed by atoms with Gasteiger partial charge in [0.1, 0.15) is 6.61 Å². The number of carbonyl (C=O) groups excluding carboxylic acids is 2. The van der Waals surface area contributed by atoms with E-state index in [2.05, 4.69) is 38.2 Å².